The van der Waals surface area contributed by atoms with E-state index in [9.17, 15) is 9.59 Å². The van der Waals surface area contributed by atoms with E-state index in [1.54, 1.807) is 29.3 Å². The molecule has 27 heavy (non-hydrogen) atoms. The van der Waals surface area contributed by atoms with Crippen LogP contribution in [0.3, 0.4) is 0 Å². The molecule has 0 fully saturated rings. The fourth-order valence-corrected chi connectivity index (χ4v) is 3.05. The maximum absolute atomic E-state index is 13.1. The summed E-state index contributed by atoms with van der Waals surface area (Å²) in [5.74, 6) is -0.630. The van der Waals surface area contributed by atoms with E-state index in [4.69, 9.17) is 0 Å². The standard InChI is InChI=1S/C22H17N3O2/c26-21-18-11-4-5-12-20(18)25(17-9-2-1-3-10-17)22(27)19(21)15-23-14-16-8-6-7-13-24-16/h1-13,15,23H,14H2/b19-15+. The first-order valence-corrected chi connectivity index (χ1v) is 8.62. The average Bonchev–Trinajstić information content (AvgIpc) is 2.72. The Morgan fingerprint density at radius 1 is 0.889 bits per heavy atom. The number of anilines is 2. The zero-order valence-electron chi connectivity index (χ0n) is 14.5. The largest absolute Gasteiger partial charge is 0.384 e. The quantitative estimate of drug-likeness (QED) is 0.574. The number of Topliss-reactive ketones (excluding diaryl/α,β-unsaturated/α-hetero) is 1. The number of amides is 1. The number of aromatic nitrogens is 1. The van der Waals surface area contributed by atoms with Crippen LogP contribution in [-0.2, 0) is 11.3 Å². The van der Waals surface area contributed by atoms with Crippen molar-refractivity contribution >= 4 is 23.1 Å². The van der Waals surface area contributed by atoms with Gasteiger partial charge >= 0.3 is 0 Å². The molecule has 132 valence electrons. The van der Waals surface area contributed by atoms with Crippen molar-refractivity contribution in [2.75, 3.05) is 4.90 Å². The normalized spacial score (nSPS) is 15.0. The van der Waals surface area contributed by atoms with Crippen LogP contribution in [0.2, 0.25) is 0 Å². The number of carbonyl (C=O) groups excluding carboxylic acids is 2. The molecule has 5 heteroatoms. The van der Waals surface area contributed by atoms with Crippen LogP contribution in [0.25, 0.3) is 0 Å². The Morgan fingerprint density at radius 2 is 1.63 bits per heavy atom. The van der Waals surface area contributed by atoms with E-state index in [2.05, 4.69) is 10.3 Å². The Morgan fingerprint density at radius 3 is 2.41 bits per heavy atom. The zero-order valence-corrected chi connectivity index (χ0v) is 14.5. The van der Waals surface area contributed by atoms with Gasteiger partial charge in [-0.15, -0.1) is 0 Å². The molecule has 0 saturated heterocycles. The fourth-order valence-electron chi connectivity index (χ4n) is 3.05. The summed E-state index contributed by atoms with van der Waals surface area (Å²) in [6.45, 7) is 0.428. The van der Waals surface area contributed by atoms with Crippen LogP contribution in [0.1, 0.15) is 16.1 Å². The minimum absolute atomic E-state index is 0.105. The number of pyridine rings is 1. The molecule has 1 aliphatic heterocycles. The van der Waals surface area contributed by atoms with Crippen molar-refractivity contribution in [2.45, 2.75) is 6.54 Å². The highest BCUT2D eigenvalue weighted by Crippen LogP contribution is 2.35. The fraction of sp³-hybridized carbons (Fsp3) is 0.0455. The summed E-state index contributed by atoms with van der Waals surface area (Å²) in [6, 6.07) is 22.1. The summed E-state index contributed by atoms with van der Waals surface area (Å²) in [4.78, 5) is 31.8. The van der Waals surface area contributed by atoms with E-state index in [0.717, 1.165) is 11.4 Å². The molecule has 2 aromatic carbocycles. The number of carbonyl (C=O) groups is 2. The first-order chi connectivity index (χ1) is 13.3. The second-order valence-corrected chi connectivity index (χ2v) is 6.08. The number of rotatable bonds is 4. The Labute approximate surface area is 157 Å². The molecule has 1 aliphatic rings. The third-order valence-electron chi connectivity index (χ3n) is 4.34. The third kappa shape index (κ3) is 3.22. The number of para-hydroxylation sites is 2. The molecule has 0 aliphatic carbocycles. The summed E-state index contributed by atoms with van der Waals surface area (Å²) in [5.41, 5.74) is 2.75. The van der Waals surface area contributed by atoms with Gasteiger partial charge in [-0.3, -0.25) is 19.5 Å². The van der Waals surface area contributed by atoms with Gasteiger partial charge in [0.05, 0.1) is 17.9 Å². The van der Waals surface area contributed by atoms with E-state index < -0.39 is 0 Å². The number of ketones is 1. The number of benzene rings is 2. The molecular formula is C22H17N3O2. The lowest BCUT2D eigenvalue weighted by Gasteiger charge is -2.30. The molecule has 1 aromatic heterocycles. The number of hydrogen-bond donors (Lipinski definition) is 1. The molecule has 0 spiro atoms. The first kappa shape index (κ1) is 16.7. The Hall–Kier alpha value is -3.73. The third-order valence-corrected chi connectivity index (χ3v) is 4.34. The molecule has 0 radical (unpaired) electrons. The Balaban J connectivity index is 1.70. The Bertz CT molecular complexity index is 1010. The topological polar surface area (TPSA) is 62.3 Å². The summed E-state index contributed by atoms with van der Waals surface area (Å²) >= 11 is 0. The van der Waals surface area contributed by atoms with Gasteiger partial charge in [-0.05, 0) is 36.4 Å². The molecule has 0 saturated carbocycles. The summed E-state index contributed by atoms with van der Waals surface area (Å²) in [7, 11) is 0. The highest BCUT2D eigenvalue weighted by atomic mass is 16.2. The number of nitrogens with zero attached hydrogens (tertiary/aromatic N) is 2. The minimum Gasteiger partial charge on any atom is -0.384 e. The lowest BCUT2D eigenvalue weighted by atomic mass is 9.95. The van der Waals surface area contributed by atoms with Gasteiger partial charge in [0, 0.05) is 23.6 Å². The van der Waals surface area contributed by atoms with Crippen LogP contribution in [-0.4, -0.2) is 16.7 Å². The molecule has 0 atom stereocenters. The van der Waals surface area contributed by atoms with Gasteiger partial charge in [0.15, 0.2) is 0 Å². The highest BCUT2D eigenvalue weighted by molar-refractivity contribution is 6.36. The predicted molar refractivity (Wildman–Crippen MR) is 104 cm³/mol. The molecule has 1 N–H and O–H groups in total. The number of fused-ring (bicyclic) bond motifs is 1. The van der Waals surface area contributed by atoms with Crippen molar-refractivity contribution < 1.29 is 9.59 Å². The van der Waals surface area contributed by atoms with Gasteiger partial charge in [0.1, 0.15) is 5.57 Å². The number of hydrogen-bond acceptors (Lipinski definition) is 4. The zero-order chi connectivity index (χ0) is 18.6. The molecule has 1 amide bonds. The predicted octanol–water partition coefficient (Wildman–Crippen LogP) is 3.62. The molecule has 2 heterocycles. The van der Waals surface area contributed by atoms with Gasteiger partial charge in [0.25, 0.3) is 5.91 Å². The summed E-state index contributed by atoms with van der Waals surface area (Å²) < 4.78 is 0. The van der Waals surface area contributed by atoms with E-state index in [-0.39, 0.29) is 17.3 Å². The van der Waals surface area contributed by atoms with Crippen LogP contribution < -0.4 is 10.2 Å². The van der Waals surface area contributed by atoms with E-state index >= 15 is 0 Å². The minimum atomic E-state index is -0.349. The smallest absolute Gasteiger partial charge is 0.268 e. The summed E-state index contributed by atoms with van der Waals surface area (Å²) in [5, 5.41) is 3.04. The van der Waals surface area contributed by atoms with Crippen molar-refractivity contribution in [2.24, 2.45) is 0 Å². The van der Waals surface area contributed by atoms with Crippen molar-refractivity contribution in [3.8, 4) is 0 Å². The first-order valence-electron chi connectivity index (χ1n) is 8.62. The van der Waals surface area contributed by atoms with Crippen LogP contribution in [0, 0.1) is 0 Å². The monoisotopic (exact) mass is 355 g/mol. The van der Waals surface area contributed by atoms with Crippen molar-refractivity contribution in [1.29, 1.82) is 0 Å². The van der Waals surface area contributed by atoms with Crippen LogP contribution in [0.4, 0.5) is 11.4 Å². The molecule has 5 nitrogen and oxygen atoms in total. The molecule has 0 bridgehead atoms. The molecule has 3 aromatic rings. The Kier molecular flexibility index (Phi) is 4.49. The van der Waals surface area contributed by atoms with E-state index in [0.29, 0.717) is 17.8 Å². The second-order valence-electron chi connectivity index (χ2n) is 6.08. The lowest BCUT2D eigenvalue weighted by Crippen LogP contribution is -2.37. The number of nitrogens with one attached hydrogen (secondary N) is 1. The average molecular weight is 355 g/mol. The SMILES string of the molecule is O=C1/C(=C\NCc2ccccn2)C(=O)N(c2ccccc2)c2ccccc21. The second kappa shape index (κ2) is 7.25. The summed E-state index contributed by atoms with van der Waals surface area (Å²) in [6.07, 6.45) is 3.19. The van der Waals surface area contributed by atoms with Gasteiger partial charge in [-0.2, -0.15) is 0 Å². The maximum Gasteiger partial charge on any atom is 0.268 e. The van der Waals surface area contributed by atoms with Crippen molar-refractivity contribution in [3.05, 3.63) is 102 Å². The van der Waals surface area contributed by atoms with Crippen LogP contribution in [0.15, 0.2) is 90.8 Å². The molecule has 0 unspecified atom stereocenters. The lowest BCUT2D eigenvalue weighted by molar-refractivity contribution is -0.114. The van der Waals surface area contributed by atoms with Crippen molar-refractivity contribution in [3.63, 3.8) is 0 Å². The van der Waals surface area contributed by atoms with E-state index in [1.165, 1.54) is 6.20 Å². The van der Waals surface area contributed by atoms with Crippen molar-refractivity contribution in [1.82, 2.24) is 10.3 Å². The molecule has 4 rings (SSSR count). The van der Waals surface area contributed by atoms with Gasteiger partial charge in [-0.25, -0.2) is 0 Å². The van der Waals surface area contributed by atoms with Crippen LogP contribution in [0.5, 0.6) is 0 Å². The van der Waals surface area contributed by atoms with Gasteiger partial charge < -0.3 is 5.32 Å². The van der Waals surface area contributed by atoms with Gasteiger partial charge in [0.2, 0.25) is 5.78 Å². The maximum atomic E-state index is 13.1. The van der Waals surface area contributed by atoms with Gasteiger partial charge in [-0.1, -0.05) is 36.4 Å². The van der Waals surface area contributed by atoms with E-state index in [1.807, 2.05) is 54.6 Å². The highest BCUT2D eigenvalue weighted by Gasteiger charge is 2.35. The van der Waals surface area contributed by atoms with Crippen LogP contribution >= 0.6 is 0 Å². The molecular weight excluding hydrogens is 338 g/mol.